The molecule has 0 spiro atoms. The van der Waals surface area contributed by atoms with Crippen LogP contribution in [-0.4, -0.2) is 0 Å². The molecule has 0 nitrogen and oxygen atoms in total. The molecule has 0 aliphatic carbocycles. The molecule has 10 heavy (non-hydrogen) atoms. The standard InChI is InChI=1S/C10H14/c1-3-5-7-9-10-8-6-4-2/h3,5,7,9H,4,6H2,1-2H3. The topological polar surface area (TPSA) is 0 Å². The average molecular weight is 134 g/mol. The Hall–Kier alpha value is -0.960. The predicted octanol–water partition coefficient (Wildman–Crippen LogP) is 2.92. The molecule has 0 bridgehead atoms. The summed E-state index contributed by atoms with van der Waals surface area (Å²) >= 11 is 0. The van der Waals surface area contributed by atoms with Crippen LogP contribution < -0.4 is 0 Å². The lowest BCUT2D eigenvalue weighted by atomic mass is 10.3. The SMILES string of the molecule is CC=CC=CC#CCCC. The van der Waals surface area contributed by atoms with Gasteiger partial charge in [-0.2, -0.15) is 0 Å². The Balaban J connectivity index is 3.43. The van der Waals surface area contributed by atoms with E-state index in [9.17, 15) is 0 Å². The summed E-state index contributed by atoms with van der Waals surface area (Å²) in [4.78, 5) is 0. The third-order valence-electron chi connectivity index (χ3n) is 0.960. The number of rotatable bonds is 2. The Bertz CT molecular complexity index is 162. The zero-order valence-corrected chi connectivity index (χ0v) is 6.72. The van der Waals surface area contributed by atoms with Crippen molar-refractivity contribution in [3.05, 3.63) is 24.3 Å². The monoisotopic (exact) mass is 134 g/mol. The van der Waals surface area contributed by atoms with Gasteiger partial charge in [0, 0.05) is 6.42 Å². The Kier molecular flexibility index (Phi) is 7.27. The van der Waals surface area contributed by atoms with Gasteiger partial charge >= 0.3 is 0 Å². The van der Waals surface area contributed by atoms with E-state index in [0.717, 1.165) is 12.8 Å². The largest absolute Gasteiger partial charge is 0.0985 e. The Morgan fingerprint density at radius 1 is 1.30 bits per heavy atom. The van der Waals surface area contributed by atoms with Crippen molar-refractivity contribution in [3.63, 3.8) is 0 Å². The lowest BCUT2D eigenvalue weighted by Crippen LogP contribution is -1.59. The van der Waals surface area contributed by atoms with Crippen LogP contribution in [0.3, 0.4) is 0 Å². The van der Waals surface area contributed by atoms with Gasteiger partial charge in [0.25, 0.3) is 0 Å². The zero-order chi connectivity index (χ0) is 7.66. The van der Waals surface area contributed by atoms with Crippen molar-refractivity contribution < 1.29 is 0 Å². The second-order valence-corrected chi connectivity index (χ2v) is 1.96. The van der Waals surface area contributed by atoms with Crippen LogP contribution in [0.1, 0.15) is 26.7 Å². The van der Waals surface area contributed by atoms with Crippen molar-refractivity contribution in [2.45, 2.75) is 26.7 Å². The highest BCUT2D eigenvalue weighted by molar-refractivity contribution is 5.19. The van der Waals surface area contributed by atoms with E-state index >= 15 is 0 Å². The maximum Gasteiger partial charge on any atom is 0.00896 e. The summed E-state index contributed by atoms with van der Waals surface area (Å²) in [5, 5.41) is 0. The van der Waals surface area contributed by atoms with Gasteiger partial charge in [0.1, 0.15) is 0 Å². The minimum atomic E-state index is 1.00. The Morgan fingerprint density at radius 2 is 2.10 bits per heavy atom. The molecule has 0 aromatic rings. The highest BCUT2D eigenvalue weighted by atomic mass is 13.7. The van der Waals surface area contributed by atoms with Crippen LogP contribution in [0.25, 0.3) is 0 Å². The molecule has 0 atom stereocenters. The summed E-state index contributed by atoms with van der Waals surface area (Å²) in [6.45, 7) is 4.12. The van der Waals surface area contributed by atoms with Crippen LogP contribution in [0.2, 0.25) is 0 Å². The number of unbranched alkanes of at least 4 members (excludes halogenated alkanes) is 1. The average Bonchev–Trinajstić information content (AvgIpc) is 1.97. The minimum absolute atomic E-state index is 1.00. The lowest BCUT2D eigenvalue weighted by Gasteiger charge is -1.73. The molecule has 54 valence electrons. The van der Waals surface area contributed by atoms with Gasteiger partial charge in [-0.15, -0.1) is 0 Å². The van der Waals surface area contributed by atoms with Gasteiger partial charge in [-0.3, -0.25) is 0 Å². The summed E-state index contributed by atoms with van der Waals surface area (Å²) in [6.07, 6.45) is 9.92. The normalized spacial score (nSPS) is 10.2. The van der Waals surface area contributed by atoms with E-state index in [2.05, 4.69) is 18.8 Å². The van der Waals surface area contributed by atoms with E-state index in [-0.39, 0.29) is 0 Å². The second-order valence-electron chi connectivity index (χ2n) is 1.96. The Morgan fingerprint density at radius 3 is 2.70 bits per heavy atom. The molecule has 0 heterocycles. The van der Waals surface area contributed by atoms with Crippen molar-refractivity contribution in [1.82, 2.24) is 0 Å². The van der Waals surface area contributed by atoms with Crippen molar-refractivity contribution >= 4 is 0 Å². The van der Waals surface area contributed by atoms with Crippen LogP contribution in [0.5, 0.6) is 0 Å². The van der Waals surface area contributed by atoms with E-state index in [1.54, 1.807) is 0 Å². The second kappa shape index (κ2) is 8.04. The van der Waals surface area contributed by atoms with E-state index in [4.69, 9.17) is 0 Å². The van der Waals surface area contributed by atoms with E-state index in [1.165, 1.54) is 0 Å². The van der Waals surface area contributed by atoms with Crippen LogP contribution in [-0.2, 0) is 0 Å². The molecule has 0 aliphatic rings. The quantitative estimate of drug-likeness (QED) is 0.402. The van der Waals surface area contributed by atoms with Crippen molar-refractivity contribution in [2.24, 2.45) is 0 Å². The van der Waals surface area contributed by atoms with Crippen molar-refractivity contribution in [3.8, 4) is 11.8 Å². The fourth-order valence-corrected chi connectivity index (χ4v) is 0.471. The molecule has 0 radical (unpaired) electrons. The first-order valence-electron chi connectivity index (χ1n) is 3.68. The fraction of sp³-hybridized carbons (Fsp3) is 0.400. The molecule has 0 heteroatoms. The summed E-state index contributed by atoms with van der Waals surface area (Å²) < 4.78 is 0. The molecular weight excluding hydrogens is 120 g/mol. The van der Waals surface area contributed by atoms with Crippen LogP contribution in [0.4, 0.5) is 0 Å². The minimum Gasteiger partial charge on any atom is -0.0985 e. The summed E-state index contributed by atoms with van der Waals surface area (Å²) in [7, 11) is 0. The van der Waals surface area contributed by atoms with Crippen LogP contribution >= 0.6 is 0 Å². The van der Waals surface area contributed by atoms with Gasteiger partial charge in [0.15, 0.2) is 0 Å². The molecule has 0 N–H and O–H groups in total. The van der Waals surface area contributed by atoms with Crippen LogP contribution in [0.15, 0.2) is 24.3 Å². The first-order valence-corrected chi connectivity index (χ1v) is 3.68. The summed E-state index contributed by atoms with van der Waals surface area (Å²) in [5.74, 6) is 5.96. The molecule has 0 rings (SSSR count). The number of allylic oxidation sites excluding steroid dienone is 4. The smallest absolute Gasteiger partial charge is 0.00896 e. The van der Waals surface area contributed by atoms with E-state index < -0.39 is 0 Å². The molecule has 0 aromatic carbocycles. The molecular formula is C10H14. The van der Waals surface area contributed by atoms with Gasteiger partial charge in [-0.05, 0) is 19.4 Å². The molecule has 0 aromatic heterocycles. The fourth-order valence-electron chi connectivity index (χ4n) is 0.471. The first kappa shape index (κ1) is 9.04. The maximum absolute atomic E-state index is 3.02. The summed E-state index contributed by atoms with van der Waals surface area (Å²) in [6, 6.07) is 0. The van der Waals surface area contributed by atoms with Gasteiger partial charge in [0.2, 0.25) is 0 Å². The molecule has 0 saturated carbocycles. The van der Waals surface area contributed by atoms with Crippen molar-refractivity contribution in [2.75, 3.05) is 0 Å². The zero-order valence-electron chi connectivity index (χ0n) is 6.72. The summed E-state index contributed by atoms with van der Waals surface area (Å²) in [5.41, 5.74) is 0. The molecule has 0 amide bonds. The lowest BCUT2D eigenvalue weighted by molar-refractivity contribution is 0.983. The highest BCUT2D eigenvalue weighted by Crippen LogP contribution is 1.81. The van der Waals surface area contributed by atoms with E-state index in [0.29, 0.717) is 0 Å². The van der Waals surface area contributed by atoms with Crippen molar-refractivity contribution in [1.29, 1.82) is 0 Å². The molecule has 0 fully saturated rings. The van der Waals surface area contributed by atoms with Crippen LogP contribution in [0, 0.1) is 11.8 Å². The van der Waals surface area contributed by atoms with Gasteiger partial charge < -0.3 is 0 Å². The molecule has 0 unspecified atom stereocenters. The first-order chi connectivity index (χ1) is 4.91. The third kappa shape index (κ3) is 7.04. The number of hydrogen-bond acceptors (Lipinski definition) is 0. The van der Waals surface area contributed by atoms with E-state index in [1.807, 2.05) is 31.2 Å². The maximum atomic E-state index is 3.02. The van der Waals surface area contributed by atoms with Gasteiger partial charge in [-0.1, -0.05) is 37.0 Å². The molecule has 0 aliphatic heterocycles. The van der Waals surface area contributed by atoms with Gasteiger partial charge in [0.05, 0.1) is 0 Å². The Labute approximate surface area is 63.6 Å². The van der Waals surface area contributed by atoms with Gasteiger partial charge in [-0.25, -0.2) is 0 Å². The molecule has 0 saturated heterocycles. The predicted molar refractivity (Wildman–Crippen MR) is 46.6 cm³/mol. The number of hydrogen-bond donors (Lipinski definition) is 0. The highest BCUT2D eigenvalue weighted by Gasteiger charge is 1.65. The third-order valence-corrected chi connectivity index (χ3v) is 0.960.